The Morgan fingerprint density at radius 3 is 2.87 bits per heavy atom. The van der Waals surface area contributed by atoms with Crippen LogP contribution < -0.4 is 10.6 Å². The molecule has 1 aliphatic heterocycles. The molecule has 4 aromatic rings. The van der Waals surface area contributed by atoms with Crippen molar-refractivity contribution in [2.24, 2.45) is 0 Å². The Kier molecular flexibility index (Phi) is 5.52. The van der Waals surface area contributed by atoms with Gasteiger partial charge >= 0.3 is 0 Å². The first-order chi connectivity index (χ1) is 15.2. The van der Waals surface area contributed by atoms with Crippen molar-refractivity contribution in [2.45, 2.75) is 6.04 Å². The lowest BCUT2D eigenvalue weighted by Crippen LogP contribution is -2.14. The van der Waals surface area contributed by atoms with Crippen molar-refractivity contribution in [1.82, 2.24) is 15.3 Å². The number of dihydropyridines is 1. The molecular formula is C24H17IN4OS. The number of anilines is 1. The standard InChI is InChI=1S/C24H17IN4OS/c25-19-9-8-16(13-18(19)22-17-6-2-1-5-15(17)10-12-27-22)29-23(30)21-14-28-24(31-21)20-7-3-4-11-26-20/h1-14,20,26H,(H,29,30). The summed E-state index contributed by atoms with van der Waals surface area (Å²) in [4.78, 5) is 22.5. The molecule has 0 fully saturated rings. The predicted molar refractivity (Wildman–Crippen MR) is 134 cm³/mol. The van der Waals surface area contributed by atoms with E-state index >= 15 is 0 Å². The summed E-state index contributed by atoms with van der Waals surface area (Å²) >= 11 is 3.69. The van der Waals surface area contributed by atoms with Crippen molar-refractivity contribution >= 4 is 56.3 Å². The number of pyridine rings is 1. The molecule has 1 aliphatic rings. The van der Waals surface area contributed by atoms with Gasteiger partial charge in [0, 0.05) is 26.4 Å². The Morgan fingerprint density at radius 2 is 2.00 bits per heavy atom. The Balaban J connectivity index is 1.42. The number of rotatable bonds is 4. The normalized spacial score (nSPS) is 15.1. The average molecular weight is 536 g/mol. The summed E-state index contributed by atoms with van der Waals surface area (Å²) in [7, 11) is 0. The van der Waals surface area contributed by atoms with Crippen LogP contribution in [-0.2, 0) is 0 Å². The van der Waals surface area contributed by atoms with Gasteiger partial charge in [0.05, 0.1) is 17.9 Å². The van der Waals surface area contributed by atoms with E-state index in [0.717, 1.165) is 36.3 Å². The van der Waals surface area contributed by atoms with Crippen LogP contribution in [0, 0.1) is 3.57 Å². The van der Waals surface area contributed by atoms with Gasteiger partial charge < -0.3 is 10.6 Å². The summed E-state index contributed by atoms with van der Waals surface area (Å²) in [5.41, 5.74) is 2.62. The number of aromatic nitrogens is 2. The van der Waals surface area contributed by atoms with Gasteiger partial charge in [-0.3, -0.25) is 9.78 Å². The zero-order valence-corrected chi connectivity index (χ0v) is 19.2. The molecule has 3 heterocycles. The van der Waals surface area contributed by atoms with Crippen LogP contribution in [0.3, 0.4) is 0 Å². The van der Waals surface area contributed by atoms with Gasteiger partial charge in [0.2, 0.25) is 0 Å². The molecule has 0 radical (unpaired) electrons. The SMILES string of the molecule is O=C(Nc1ccc(I)c(-c2nccc3ccccc23)c1)c1cnc(C2C=CC=CN2)s1. The Hall–Kier alpha value is -3.04. The van der Waals surface area contributed by atoms with Crippen molar-refractivity contribution in [2.75, 3.05) is 5.32 Å². The van der Waals surface area contributed by atoms with E-state index in [2.05, 4.69) is 55.3 Å². The topological polar surface area (TPSA) is 66.9 Å². The minimum absolute atomic E-state index is 0.00103. The van der Waals surface area contributed by atoms with E-state index in [0.29, 0.717) is 4.88 Å². The monoisotopic (exact) mass is 536 g/mol. The zero-order valence-electron chi connectivity index (χ0n) is 16.2. The van der Waals surface area contributed by atoms with E-state index in [-0.39, 0.29) is 11.9 Å². The predicted octanol–water partition coefficient (Wildman–Crippen LogP) is 5.93. The fraction of sp³-hybridized carbons (Fsp3) is 0.0417. The van der Waals surface area contributed by atoms with E-state index < -0.39 is 0 Å². The van der Waals surface area contributed by atoms with Crippen LogP contribution in [0.4, 0.5) is 5.69 Å². The maximum absolute atomic E-state index is 12.8. The number of carbonyl (C=O) groups excluding carboxylic acids is 1. The van der Waals surface area contributed by atoms with Crippen molar-refractivity contribution in [3.05, 3.63) is 98.8 Å². The van der Waals surface area contributed by atoms with Gasteiger partial charge in [-0.05, 0) is 64.5 Å². The second-order valence-electron chi connectivity index (χ2n) is 6.98. The highest BCUT2D eigenvalue weighted by atomic mass is 127. The first-order valence-corrected chi connectivity index (χ1v) is 11.6. The molecule has 31 heavy (non-hydrogen) atoms. The van der Waals surface area contributed by atoms with Crippen LogP contribution in [0.2, 0.25) is 0 Å². The summed E-state index contributed by atoms with van der Waals surface area (Å²) < 4.78 is 1.07. The quantitative estimate of drug-likeness (QED) is 0.318. The molecule has 7 heteroatoms. The summed E-state index contributed by atoms with van der Waals surface area (Å²) in [6, 6.07) is 16.1. The van der Waals surface area contributed by atoms with Gasteiger partial charge in [0.15, 0.2) is 0 Å². The Bertz CT molecular complexity index is 1340. The number of hydrogen-bond acceptors (Lipinski definition) is 5. The lowest BCUT2D eigenvalue weighted by molar-refractivity contribution is 0.103. The third-order valence-corrected chi connectivity index (χ3v) is 6.97. The molecule has 152 valence electrons. The van der Waals surface area contributed by atoms with Gasteiger partial charge in [-0.1, -0.05) is 36.4 Å². The second kappa shape index (κ2) is 8.60. The van der Waals surface area contributed by atoms with Gasteiger partial charge in [-0.25, -0.2) is 4.98 Å². The number of hydrogen-bond donors (Lipinski definition) is 2. The largest absolute Gasteiger partial charge is 0.379 e. The van der Waals surface area contributed by atoms with E-state index in [1.54, 1.807) is 6.20 Å². The molecular weight excluding hydrogens is 519 g/mol. The minimum Gasteiger partial charge on any atom is -0.379 e. The van der Waals surface area contributed by atoms with Crippen molar-refractivity contribution in [1.29, 1.82) is 0 Å². The lowest BCUT2D eigenvalue weighted by Gasteiger charge is -2.12. The highest BCUT2D eigenvalue weighted by molar-refractivity contribution is 14.1. The van der Waals surface area contributed by atoms with Gasteiger partial charge in [0.1, 0.15) is 9.88 Å². The van der Waals surface area contributed by atoms with E-state index in [9.17, 15) is 4.79 Å². The first-order valence-electron chi connectivity index (χ1n) is 9.69. The fourth-order valence-electron chi connectivity index (χ4n) is 3.45. The molecule has 5 rings (SSSR count). The third kappa shape index (κ3) is 4.11. The number of nitrogens with zero attached hydrogens (tertiary/aromatic N) is 2. The Labute approximate surface area is 197 Å². The number of halogens is 1. The second-order valence-corrected chi connectivity index (χ2v) is 9.20. The van der Waals surface area contributed by atoms with Gasteiger partial charge in [-0.15, -0.1) is 11.3 Å². The molecule has 5 nitrogen and oxygen atoms in total. The third-order valence-electron chi connectivity index (χ3n) is 4.95. The summed E-state index contributed by atoms with van der Waals surface area (Å²) in [6.07, 6.45) is 11.2. The van der Waals surface area contributed by atoms with E-state index in [1.165, 1.54) is 11.3 Å². The van der Waals surface area contributed by atoms with Crippen LogP contribution >= 0.6 is 33.9 Å². The van der Waals surface area contributed by atoms with E-state index in [1.807, 2.05) is 67.0 Å². The molecule has 0 spiro atoms. The molecule has 2 aromatic carbocycles. The van der Waals surface area contributed by atoms with Crippen molar-refractivity contribution < 1.29 is 4.79 Å². The smallest absolute Gasteiger partial charge is 0.267 e. The number of allylic oxidation sites excluding steroid dienone is 2. The van der Waals surface area contributed by atoms with E-state index in [4.69, 9.17) is 0 Å². The van der Waals surface area contributed by atoms with Gasteiger partial charge in [0.25, 0.3) is 5.91 Å². The van der Waals surface area contributed by atoms with Crippen molar-refractivity contribution in [3.63, 3.8) is 0 Å². The molecule has 1 atom stereocenters. The summed E-state index contributed by atoms with van der Waals surface area (Å²) in [6.45, 7) is 0. The van der Waals surface area contributed by atoms with Gasteiger partial charge in [-0.2, -0.15) is 0 Å². The molecule has 1 unspecified atom stereocenters. The molecule has 2 N–H and O–H groups in total. The molecule has 1 amide bonds. The highest BCUT2D eigenvalue weighted by Gasteiger charge is 2.17. The molecule has 0 saturated carbocycles. The van der Waals surface area contributed by atoms with Crippen LogP contribution in [-0.4, -0.2) is 15.9 Å². The summed E-state index contributed by atoms with van der Waals surface area (Å²) in [5, 5.41) is 9.31. The highest BCUT2D eigenvalue weighted by Crippen LogP contribution is 2.32. The van der Waals surface area contributed by atoms with Crippen LogP contribution in [0.25, 0.3) is 22.0 Å². The summed E-state index contributed by atoms with van der Waals surface area (Å²) in [5.74, 6) is -0.169. The lowest BCUT2D eigenvalue weighted by atomic mass is 10.0. The Morgan fingerprint density at radius 1 is 1.10 bits per heavy atom. The fourth-order valence-corrected chi connectivity index (χ4v) is 4.89. The van der Waals surface area contributed by atoms with Crippen LogP contribution in [0.5, 0.6) is 0 Å². The average Bonchev–Trinajstić information content (AvgIpc) is 3.31. The zero-order chi connectivity index (χ0) is 21.2. The minimum atomic E-state index is -0.169. The van der Waals surface area contributed by atoms with Crippen LogP contribution in [0.1, 0.15) is 20.7 Å². The number of fused-ring (bicyclic) bond motifs is 1. The van der Waals surface area contributed by atoms with Crippen LogP contribution in [0.15, 0.2) is 85.4 Å². The maximum atomic E-state index is 12.8. The molecule has 2 aromatic heterocycles. The number of carbonyl (C=O) groups is 1. The number of thiazole rings is 1. The molecule has 0 aliphatic carbocycles. The van der Waals surface area contributed by atoms with Crippen molar-refractivity contribution in [3.8, 4) is 11.3 Å². The maximum Gasteiger partial charge on any atom is 0.267 e. The first kappa shape index (κ1) is 19.9. The number of amides is 1. The molecule has 0 saturated heterocycles. The number of benzene rings is 2. The number of nitrogens with one attached hydrogen (secondary N) is 2. The molecule has 0 bridgehead atoms.